The first-order chi connectivity index (χ1) is 11.7. The molecule has 0 radical (unpaired) electrons. The van der Waals surface area contributed by atoms with Crippen LogP contribution in [0.1, 0.15) is 70.8 Å². The molecule has 2 aliphatic rings. The molecule has 1 atom stereocenters. The van der Waals surface area contributed by atoms with Crippen LogP contribution in [0.3, 0.4) is 0 Å². The molecule has 1 unspecified atom stereocenters. The smallest absolute Gasteiger partial charge is 0.423 e. The van der Waals surface area contributed by atoms with E-state index in [0.717, 1.165) is 36.9 Å². The zero-order chi connectivity index (χ0) is 18.4. The normalized spacial score (nSPS) is 22.6. The van der Waals surface area contributed by atoms with Gasteiger partial charge in [-0.05, 0) is 29.9 Å². The molecule has 0 saturated heterocycles. The van der Waals surface area contributed by atoms with Gasteiger partial charge < -0.3 is 14.9 Å². The van der Waals surface area contributed by atoms with E-state index < -0.39 is 12.5 Å². The minimum Gasteiger partial charge on any atom is -0.423 e. The minimum absolute atomic E-state index is 0.178. The second-order valence-electron chi connectivity index (χ2n) is 8.82. The quantitative estimate of drug-likeness (QED) is 0.811. The molecule has 1 aliphatic carbocycles. The monoisotopic (exact) mass is 343 g/mol. The van der Waals surface area contributed by atoms with Crippen molar-refractivity contribution in [1.82, 2.24) is 0 Å². The summed E-state index contributed by atoms with van der Waals surface area (Å²) in [6, 6.07) is 5.55. The summed E-state index contributed by atoms with van der Waals surface area (Å²) in [4.78, 5) is 15.8. The maximum atomic E-state index is 13.5. The molecule has 1 saturated carbocycles. The van der Waals surface area contributed by atoms with Crippen molar-refractivity contribution in [2.45, 2.75) is 70.8 Å². The van der Waals surface area contributed by atoms with Crippen molar-refractivity contribution in [1.29, 1.82) is 0 Å². The molecule has 0 amide bonds. The number of fused-ring (bicyclic) bond motifs is 1. The summed E-state index contributed by atoms with van der Waals surface area (Å²) in [7, 11) is 0.599. The fourth-order valence-electron chi connectivity index (χ4n) is 4.78. The van der Waals surface area contributed by atoms with Crippen LogP contribution in [-0.2, 0) is 4.79 Å². The molecule has 136 valence electrons. The number of hydrogen-bond acceptors (Lipinski definition) is 4. The van der Waals surface area contributed by atoms with Crippen LogP contribution >= 0.6 is 0 Å². The Labute approximate surface area is 151 Å². The average molecular weight is 343 g/mol. The van der Waals surface area contributed by atoms with Crippen LogP contribution in [0.2, 0.25) is 0 Å². The van der Waals surface area contributed by atoms with Crippen molar-refractivity contribution in [2.75, 3.05) is 11.9 Å². The summed E-state index contributed by atoms with van der Waals surface area (Å²) in [5.41, 5.74) is 1.89. The van der Waals surface area contributed by atoms with Gasteiger partial charge in [-0.3, -0.25) is 4.79 Å². The van der Waals surface area contributed by atoms with Gasteiger partial charge >= 0.3 is 7.12 Å². The SMILES string of the molecule is CN1c2ccc(B(O)O)cc2C(C(=O)C(C)(C)C)C12CCCCCC2. The van der Waals surface area contributed by atoms with E-state index in [1.807, 2.05) is 32.9 Å². The van der Waals surface area contributed by atoms with E-state index in [1.54, 1.807) is 6.07 Å². The Balaban J connectivity index is 2.17. The highest BCUT2D eigenvalue weighted by Crippen LogP contribution is 2.54. The molecule has 1 aromatic carbocycles. The van der Waals surface area contributed by atoms with Crippen LogP contribution in [0.4, 0.5) is 5.69 Å². The lowest BCUT2D eigenvalue weighted by Gasteiger charge is -2.43. The molecule has 1 spiro atoms. The molecule has 1 fully saturated rings. The number of Topliss-reactive ketones (excluding diaryl/α,β-unsaturated/α-hetero) is 1. The van der Waals surface area contributed by atoms with Crippen LogP contribution in [-0.4, -0.2) is 35.5 Å². The number of rotatable bonds is 2. The van der Waals surface area contributed by atoms with Gasteiger partial charge in [-0.1, -0.05) is 58.6 Å². The summed E-state index contributed by atoms with van der Waals surface area (Å²) in [6.45, 7) is 5.97. The Morgan fingerprint density at radius 3 is 2.28 bits per heavy atom. The number of hydrogen-bond donors (Lipinski definition) is 2. The molecule has 0 aromatic heterocycles. The van der Waals surface area contributed by atoms with Crippen LogP contribution < -0.4 is 10.4 Å². The van der Waals surface area contributed by atoms with Crippen LogP contribution in [0.15, 0.2) is 18.2 Å². The Hall–Kier alpha value is -1.33. The summed E-state index contributed by atoms with van der Waals surface area (Å²) < 4.78 is 0. The van der Waals surface area contributed by atoms with Gasteiger partial charge in [0.15, 0.2) is 0 Å². The van der Waals surface area contributed by atoms with Gasteiger partial charge in [0.2, 0.25) is 0 Å². The molecule has 3 rings (SSSR count). The average Bonchev–Trinajstić information content (AvgIpc) is 2.70. The largest absolute Gasteiger partial charge is 0.488 e. The number of carbonyl (C=O) groups is 1. The highest BCUT2D eigenvalue weighted by Gasteiger charge is 2.54. The standard InChI is InChI=1S/C20H30BNO3/c1-19(2,3)18(23)17-15-13-14(21(24)25)9-10-16(15)22(4)20(17)11-7-5-6-8-12-20/h9-10,13,17,24-25H,5-8,11-12H2,1-4H3. The number of benzene rings is 1. The number of nitrogens with zero attached hydrogens (tertiary/aromatic N) is 1. The van der Waals surface area contributed by atoms with Gasteiger partial charge in [-0.2, -0.15) is 0 Å². The number of ketones is 1. The molecule has 4 nitrogen and oxygen atoms in total. The van der Waals surface area contributed by atoms with E-state index in [1.165, 1.54) is 12.8 Å². The number of carbonyl (C=O) groups excluding carboxylic acids is 1. The molecule has 1 aromatic rings. The van der Waals surface area contributed by atoms with Crippen molar-refractivity contribution in [3.05, 3.63) is 23.8 Å². The Morgan fingerprint density at radius 2 is 1.76 bits per heavy atom. The topological polar surface area (TPSA) is 60.8 Å². The second kappa shape index (κ2) is 6.44. The van der Waals surface area contributed by atoms with Crippen molar-refractivity contribution in [3.63, 3.8) is 0 Å². The van der Waals surface area contributed by atoms with Gasteiger partial charge in [-0.25, -0.2) is 0 Å². The van der Waals surface area contributed by atoms with Crippen molar-refractivity contribution in [3.8, 4) is 0 Å². The highest BCUT2D eigenvalue weighted by molar-refractivity contribution is 6.58. The third-order valence-electron chi connectivity index (χ3n) is 6.20. The number of likely N-dealkylation sites (N-methyl/N-ethyl adjacent to an activating group) is 1. The Bertz CT molecular complexity index is 657. The first-order valence-corrected chi connectivity index (χ1v) is 9.46. The van der Waals surface area contributed by atoms with E-state index in [4.69, 9.17) is 0 Å². The first-order valence-electron chi connectivity index (χ1n) is 9.46. The Kier molecular flexibility index (Phi) is 4.76. The predicted octanol–water partition coefficient (Wildman–Crippen LogP) is 2.61. The van der Waals surface area contributed by atoms with E-state index in [0.29, 0.717) is 5.46 Å². The van der Waals surface area contributed by atoms with Crippen LogP contribution in [0.5, 0.6) is 0 Å². The Morgan fingerprint density at radius 1 is 1.16 bits per heavy atom. The van der Waals surface area contributed by atoms with E-state index in [9.17, 15) is 14.8 Å². The van der Waals surface area contributed by atoms with E-state index in [2.05, 4.69) is 11.9 Å². The summed E-state index contributed by atoms with van der Waals surface area (Å²) in [5, 5.41) is 19.2. The molecule has 2 N–H and O–H groups in total. The second-order valence-corrected chi connectivity index (χ2v) is 8.82. The summed E-state index contributed by atoms with van der Waals surface area (Å²) in [6.07, 6.45) is 6.76. The summed E-state index contributed by atoms with van der Waals surface area (Å²) >= 11 is 0. The van der Waals surface area contributed by atoms with Crippen LogP contribution in [0, 0.1) is 5.41 Å². The van der Waals surface area contributed by atoms with Crippen molar-refractivity contribution >= 4 is 24.1 Å². The molecular weight excluding hydrogens is 313 g/mol. The van der Waals surface area contributed by atoms with Gasteiger partial charge in [0.1, 0.15) is 5.78 Å². The zero-order valence-corrected chi connectivity index (χ0v) is 15.9. The zero-order valence-electron chi connectivity index (χ0n) is 15.9. The predicted molar refractivity (Wildman–Crippen MR) is 102 cm³/mol. The fraction of sp³-hybridized carbons (Fsp3) is 0.650. The van der Waals surface area contributed by atoms with Gasteiger partial charge in [-0.15, -0.1) is 0 Å². The van der Waals surface area contributed by atoms with E-state index >= 15 is 0 Å². The van der Waals surface area contributed by atoms with Gasteiger partial charge in [0.05, 0.1) is 11.5 Å². The van der Waals surface area contributed by atoms with Crippen LogP contribution in [0.25, 0.3) is 0 Å². The van der Waals surface area contributed by atoms with Crippen molar-refractivity contribution < 1.29 is 14.8 Å². The van der Waals surface area contributed by atoms with Gasteiger partial charge in [0, 0.05) is 18.2 Å². The van der Waals surface area contributed by atoms with Crippen molar-refractivity contribution in [2.24, 2.45) is 5.41 Å². The van der Waals surface area contributed by atoms with Gasteiger partial charge in [0.25, 0.3) is 0 Å². The molecule has 5 heteroatoms. The summed E-state index contributed by atoms with van der Waals surface area (Å²) in [5.74, 6) is 0.0499. The fourth-order valence-corrected chi connectivity index (χ4v) is 4.78. The molecular formula is C20H30BNO3. The lowest BCUT2D eigenvalue weighted by Crippen LogP contribution is -2.50. The lowest BCUT2D eigenvalue weighted by atomic mass is 9.68. The van der Waals surface area contributed by atoms with E-state index in [-0.39, 0.29) is 17.2 Å². The molecule has 1 aliphatic heterocycles. The first kappa shape index (κ1) is 18.5. The molecule has 25 heavy (non-hydrogen) atoms. The molecule has 1 heterocycles. The third kappa shape index (κ3) is 3.02. The lowest BCUT2D eigenvalue weighted by molar-refractivity contribution is -0.129. The minimum atomic E-state index is -1.51. The number of anilines is 1. The molecule has 0 bridgehead atoms. The maximum Gasteiger partial charge on any atom is 0.488 e. The third-order valence-corrected chi connectivity index (χ3v) is 6.20. The highest BCUT2D eigenvalue weighted by atomic mass is 16.4. The maximum absolute atomic E-state index is 13.5.